The summed E-state index contributed by atoms with van der Waals surface area (Å²) in [6.45, 7) is 0. The highest BCUT2D eigenvalue weighted by Gasteiger charge is 2.30. The fraction of sp³-hybridized carbons (Fsp3) is 0.0385. The number of para-hydroxylation sites is 2. The highest BCUT2D eigenvalue weighted by atomic mass is 19.4. The molecule has 0 aliphatic heterocycles. The Morgan fingerprint density at radius 1 is 0.971 bits per heavy atom. The van der Waals surface area contributed by atoms with Gasteiger partial charge in [0.05, 0.1) is 21.8 Å². The number of benzene rings is 3. The van der Waals surface area contributed by atoms with Gasteiger partial charge in [-0.2, -0.15) is 18.4 Å². The van der Waals surface area contributed by atoms with Crippen LogP contribution in [0.5, 0.6) is 0 Å². The molecular formula is C26H15F3N4O. The molecule has 2 aromatic heterocycles. The molecule has 0 atom stereocenters. The van der Waals surface area contributed by atoms with Gasteiger partial charge in [-0.1, -0.05) is 48.5 Å². The third-order valence-corrected chi connectivity index (χ3v) is 5.48. The summed E-state index contributed by atoms with van der Waals surface area (Å²) < 4.78 is 40.8. The maximum absolute atomic E-state index is 13.7. The highest BCUT2D eigenvalue weighted by molar-refractivity contribution is 5.87. The first-order valence-corrected chi connectivity index (χ1v) is 10.2. The number of aromatic nitrogens is 2. The SMILES string of the molecule is N#Cc1c(-c2ccccc2)/c(=C/Nc2cccc(C(F)(F)F)c2)c(=O)n2c1nc1ccccc12. The van der Waals surface area contributed by atoms with Gasteiger partial charge in [0, 0.05) is 17.5 Å². The summed E-state index contributed by atoms with van der Waals surface area (Å²) in [6.07, 6.45) is -3.16. The number of alkyl halides is 3. The van der Waals surface area contributed by atoms with E-state index in [9.17, 15) is 23.2 Å². The molecule has 8 heteroatoms. The first-order valence-electron chi connectivity index (χ1n) is 10.2. The molecular weight excluding hydrogens is 441 g/mol. The Morgan fingerprint density at radius 2 is 1.71 bits per heavy atom. The van der Waals surface area contributed by atoms with Crippen molar-refractivity contribution >= 4 is 28.6 Å². The first-order chi connectivity index (χ1) is 16.4. The van der Waals surface area contributed by atoms with Gasteiger partial charge in [-0.15, -0.1) is 0 Å². The van der Waals surface area contributed by atoms with Gasteiger partial charge in [-0.3, -0.25) is 9.20 Å². The molecule has 34 heavy (non-hydrogen) atoms. The Labute approximate surface area is 191 Å². The summed E-state index contributed by atoms with van der Waals surface area (Å²) in [5.41, 5.74) is 1.38. The summed E-state index contributed by atoms with van der Waals surface area (Å²) in [5.74, 6) is 0. The zero-order valence-corrected chi connectivity index (χ0v) is 17.5. The molecule has 166 valence electrons. The Morgan fingerprint density at radius 3 is 2.44 bits per heavy atom. The van der Waals surface area contributed by atoms with Crippen LogP contribution < -0.4 is 16.1 Å². The van der Waals surface area contributed by atoms with Gasteiger partial charge in [-0.05, 0) is 35.9 Å². The van der Waals surface area contributed by atoms with Gasteiger partial charge in [0.15, 0.2) is 5.65 Å². The van der Waals surface area contributed by atoms with Crippen molar-refractivity contribution in [2.24, 2.45) is 0 Å². The lowest BCUT2D eigenvalue weighted by Gasteiger charge is -2.10. The quantitative estimate of drug-likeness (QED) is 0.416. The van der Waals surface area contributed by atoms with Crippen LogP contribution in [-0.4, -0.2) is 9.38 Å². The van der Waals surface area contributed by atoms with Crippen molar-refractivity contribution < 1.29 is 13.2 Å². The summed E-state index contributed by atoms with van der Waals surface area (Å²) in [7, 11) is 0. The van der Waals surface area contributed by atoms with E-state index in [1.807, 2.05) is 0 Å². The van der Waals surface area contributed by atoms with Crippen molar-refractivity contribution in [1.29, 1.82) is 5.26 Å². The maximum Gasteiger partial charge on any atom is 0.416 e. The Hall–Kier alpha value is -4.64. The van der Waals surface area contributed by atoms with Crippen LogP contribution >= 0.6 is 0 Å². The standard InChI is InChI=1S/C26H15F3N4O/c27-26(28,29)17-9-6-10-18(13-17)31-15-20-23(16-7-2-1-3-8-16)19(14-30)24-32-21-11-4-5-12-22(21)33(24)25(20)34/h1-13,15,31H/b20-15-. The Kier molecular flexibility index (Phi) is 5.02. The van der Waals surface area contributed by atoms with E-state index in [4.69, 9.17) is 0 Å². The lowest BCUT2D eigenvalue weighted by molar-refractivity contribution is -0.137. The molecule has 0 aliphatic rings. The number of halogens is 3. The Balaban J connectivity index is 1.83. The van der Waals surface area contributed by atoms with Crippen LogP contribution in [0.15, 0.2) is 83.7 Å². The third-order valence-electron chi connectivity index (χ3n) is 5.48. The van der Waals surface area contributed by atoms with E-state index >= 15 is 0 Å². The summed E-state index contributed by atoms with van der Waals surface area (Å²) in [6, 6.07) is 22.7. The van der Waals surface area contributed by atoms with E-state index in [2.05, 4.69) is 16.4 Å². The van der Waals surface area contributed by atoms with Gasteiger partial charge >= 0.3 is 6.18 Å². The summed E-state index contributed by atoms with van der Waals surface area (Å²) in [4.78, 5) is 18.2. The van der Waals surface area contributed by atoms with Crippen LogP contribution in [0.3, 0.4) is 0 Å². The van der Waals surface area contributed by atoms with E-state index in [0.29, 0.717) is 22.2 Å². The van der Waals surface area contributed by atoms with E-state index in [0.717, 1.165) is 12.1 Å². The Bertz CT molecular complexity index is 1700. The number of nitrogens with zero attached hydrogens (tertiary/aromatic N) is 3. The van der Waals surface area contributed by atoms with Crippen LogP contribution in [0, 0.1) is 11.3 Å². The van der Waals surface area contributed by atoms with Crippen molar-refractivity contribution in [3.05, 3.63) is 106 Å². The molecule has 0 aliphatic carbocycles. The van der Waals surface area contributed by atoms with Crippen LogP contribution in [-0.2, 0) is 6.18 Å². The molecule has 0 spiro atoms. The number of rotatable bonds is 3. The fourth-order valence-corrected chi connectivity index (χ4v) is 3.96. The van der Waals surface area contributed by atoms with Crippen molar-refractivity contribution in [1.82, 2.24) is 9.38 Å². The number of nitrogens with one attached hydrogen (secondary N) is 1. The minimum Gasteiger partial charge on any atom is -0.361 e. The van der Waals surface area contributed by atoms with Crippen LogP contribution in [0.2, 0.25) is 0 Å². The zero-order valence-electron chi connectivity index (χ0n) is 17.5. The zero-order chi connectivity index (χ0) is 23.9. The molecule has 0 amide bonds. The summed E-state index contributed by atoms with van der Waals surface area (Å²) in [5, 5.41) is 13.0. The molecule has 0 saturated carbocycles. The third kappa shape index (κ3) is 3.53. The summed E-state index contributed by atoms with van der Waals surface area (Å²) >= 11 is 0. The monoisotopic (exact) mass is 456 g/mol. The van der Waals surface area contributed by atoms with Gasteiger partial charge in [-0.25, -0.2) is 4.98 Å². The lowest BCUT2D eigenvalue weighted by Crippen LogP contribution is -2.34. The smallest absolute Gasteiger partial charge is 0.361 e. The second-order valence-corrected chi connectivity index (χ2v) is 7.57. The predicted molar refractivity (Wildman–Crippen MR) is 124 cm³/mol. The van der Waals surface area contributed by atoms with Crippen molar-refractivity contribution in [3.8, 4) is 17.2 Å². The van der Waals surface area contributed by atoms with Crippen molar-refractivity contribution in [2.75, 3.05) is 5.32 Å². The molecule has 5 rings (SSSR count). The number of pyridine rings is 1. The molecule has 0 fully saturated rings. The van der Waals surface area contributed by atoms with Crippen LogP contribution in [0.1, 0.15) is 11.1 Å². The molecule has 3 aromatic carbocycles. The normalized spacial score (nSPS) is 12.2. The molecule has 0 saturated heterocycles. The van der Waals surface area contributed by atoms with E-state index in [1.54, 1.807) is 54.6 Å². The van der Waals surface area contributed by atoms with E-state index < -0.39 is 17.3 Å². The largest absolute Gasteiger partial charge is 0.416 e. The average Bonchev–Trinajstić information content (AvgIpc) is 3.23. The number of hydrogen-bond acceptors (Lipinski definition) is 4. The van der Waals surface area contributed by atoms with Crippen LogP contribution in [0.25, 0.3) is 34.0 Å². The molecule has 0 bridgehead atoms. The number of nitriles is 1. The minimum atomic E-state index is -4.50. The van der Waals surface area contributed by atoms with Crippen molar-refractivity contribution in [3.63, 3.8) is 0 Å². The van der Waals surface area contributed by atoms with Gasteiger partial charge in [0.1, 0.15) is 11.6 Å². The van der Waals surface area contributed by atoms with Gasteiger partial charge in [0.2, 0.25) is 0 Å². The van der Waals surface area contributed by atoms with Gasteiger partial charge < -0.3 is 5.32 Å². The second kappa shape index (κ2) is 8.05. The topological polar surface area (TPSA) is 70.2 Å². The highest BCUT2D eigenvalue weighted by Crippen LogP contribution is 2.30. The predicted octanol–water partition coefficient (Wildman–Crippen LogP) is 4.97. The average molecular weight is 456 g/mol. The molecule has 0 radical (unpaired) electrons. The molecule has 5 aromatic rings. The lowest BCUT2D eigenvalue weighted by atomic mass is 9.99. The van der Waals surface area contributed by atoms with E-state index in [-0.39, 0.29) is 22.1 Å². The number of fused-ring (bicyclic) bond motifs is 3. The number of anilines is 1. The molecule has 1 N–H and O–H groups in total. The minimum absolute atomic E-state index is 0.135. The number of imidazole rings is 1. The van der Waals surface area contributed by atoms with E-state index in [1.165, 1.54) is 22.7 Å². The number of hydrogen-bond donors (Lipinski definition) is 1. The first kappa shape index (κ1) is 21.2. The van der Waals surface area contributed by atoms with Crippen molar-refractivity contribution in [2.45, 2.75) is 6.18 Å². The molecule has 5 nitrogen and oxygen atoms in total. The van der Waals surface area contributed by atoms with Gasteiger partial charge in [0.25, 0.3) is 5.56 Å². The second-order valence-electron chi connectivity index (χ2n) is 7.57. The fourth-order valence-electron chi connectivity index (χ4n) is 3.96. The molecule has 0 unspecified atom stereocenters. The maximum atomic E-state index is 13.7. The van der Waals surface area contributed by atoms with Crippen LogP contribution in [0.4, 0.5) is 18.9 Å². The molecule has 2 heterocycles.